The van der Waals surface area contributed by atoms with Crippen LogP contribution in [-0.2, 0) is 0 Å². The van der Waals surface area contributed by atoms with Crippen LogP contribution in [0.1, 0.15) is 27.2 Å². The Labute approximate surface area is 193 Å². The Morgan fingerprint density at radius 1 is 1.03 bits per heavy atom. The highest BCUT2D eigenvalue weighted by Gasteiger charge is 2.31. The van der Waals surface area contributed by atoms with E-state index in [9.17, 15) is 13.6 Å². The first-order valence-corrected chi connectivity index (χ1v) is 10.3. The zero-order valence-electron chi connectivity index (χ0n) is 19.2. The van der Waals surface area contributed by atoms with E-state index in [1.807, 2.05) is 32.0 Å². The molecular formula is C24H22F2N4O4. The third kappa shape index (κ3) is 3.76. The molecule has 8 nitrogen and oxygen atoms in total. The molecule has 10 heteroatoms. The zero-order chi connectivity index (χ0) is 24.6. The number of para-hydroxylation sites is 1. The Bertz CT molecular complexity index is 1370. The Morgan fingerprint density at radius 2 is 1.65 bits per heavy atom. The molecule has 2 aromatic carbocycles. The van der Waals surface area contributed by atoms with E-state index in [-0.39, 0.29) is 40.0 Å². The maximum absolute atomic E-state index is 14.9. The molecule has 0 fully saturated rings. The summed E-state index contributed by atoms with van der Waals surface area (Å²) in [6.45, 7) is 3.90. The molecular weight excluding hydrogens is 446 g/mol. The number of carbonyl (C=O) groups is 1. The van der Waals surface area contributed by atoms with Crippen LogP contribution >= 0.6 is 0 Å². The van der Waals surface area contributed by atoms with Crippen LogP contribution in [0.25, 0.3) is 11.1 Å². The van der Waals surface area contributed by atoms with E-state index >= 15 is 0 Å². The van der Waals surface area contributed by atoms with Gasteiger partial charge in [0.2, 0.25) is 17.5 Å². The fraction of sp³-hybridized carbons (Fsp3) is 0.208. The first kappa shape index (κ1) is 23.0. The van der Waals surface area contributed by atoms with Gasteiger partial charge in [-0.3, -0.25) is 4.79 Å². The molecule has 2 aromatic heterocycles. The van der Waals surface area contributed by atoms with Crippen LogP contribution in [0.3, 0.4) is 0 Å². The number of benzene rings is 2. The minimum Gasteiger partial charge on any atom is -0.494 e. The standard InChI is InChI=1S/C24H22F2N4O4/c1-11-7-6-8-12(2)19(11)29-24-28-10-15-20(30-24)21(27-3)23(34-15)22(31)16-17(25)13(32-4)9-14(33-5)18(16)26/h6-10,27H,1-5H3,(H,28,29,30). The number of anilines is 3. The first-order valence-electron chi connectivity index (χ1n) is 10.3. The lowest BCUT2D eigenvalue weighted by molar-refractivity contribution is 0.100. The van der Waals surface area contributed by atoms with Gasteiger partial charge < -0.3 is 24.5 Å². The molecule has 0 amide bonds. The van der Waals surface area contributed by atoms with E-state index < -0.39 is 23.0 Å². The lowest BCUT2D eigenvalue weighted by Gasteiger charge is -2.11. The van der Waals surface area contributed by atoms with Gasteiger partial charge in [0.1, 0.15) is 16.8 Å². The van der Waals surface area contributed by atoms with Gasteiger partial charge >= 0.3 is 0 Å². The van der Waals surface area contributed by atoms with Gasteiger partial charge in [-0.05, 0) is 25.0 Å². The number of nitrogens with one attached hydrogen (secondary N) is 2. The maximum Gasteiger partial charge on any atom is 0.236 e. The lowest BCUT2D eigenvalue weighted by atomic mass is 10.0. The Hall–Kier alpha value is -4.21. The summed E-state index contributed by atoms with van der Waals surface area (Å²) >= 11 is 0. The van der Waals surface area contributed by atoms with E-state index in [2.05, 4.69) is 20.6 Å². The topological polar surface area (TPSA) is 98.5 Å². The number of furan rings is 1. The summed E-state index contributed by atoms with van der Waals surface area (Å²) in [6, 6.07) is 6.87. The van der Waals surface area contributed by atoms with Crippen molar-refractivity contribution in [1.82, 2.24) is 9.97 Å². The highest BCUT2D eigenvalue weighted by Crippen LogP contribution is 2.37. The average Bonchev–Trinajstić information content (AvgIpc) is 3.19. The number of carbonyl (C=O) groups excluding carboxylic acids is 1. The molecule has 4 aromatic rings. The summed E-state index contributed by atoms with van der Waals surface area (Å²) in [5.74, 6) is -4.13. The molecule has 0 saturated heterocycles. The van der Waals surface area contributed by atoms with Crippen molar-refractivity contribution in [3.05, 3.63) is 64.5 Å². The van der Waals surface area contributed by atoms with Crippen molar-refractivity contribution in [3.63, 3.8) is 0 Å². The van der Waals surface area contributed by atoms with Crippen molar-refractivity contribution in [3.8, 4) is 11.5 Å². The molecule has 176 valence electrons. The second-order valence-electron chi connectivity index (χ2n) is 7.47. The number of rotatable bonds is 7. The summed E-state index contributed by atoms with van der Waals surface area (Å²) in [7, 11) is 3.94. The van der Waals surface area contributed by atoms with Gasteiger partial charge in [-0.25, -0.2) is 18.7 Å². The largest absolute Gasteiger partial charge is 0.494 e. The smallest absolute Gasteiger partial charge is 0.236 e. The highest BCUT2D eigenvalue weighted by molar-refractivity contribution is 6.14. The van der Waals surface area contributed by atoms with Crippen molar-refractivity contribution < 1.29 is 27.5 Å². The minimum atomic E-state index is -1.17. The molecule has 0 radical (unpaired) electrons. The van der Waals surface area contributed by atoms with Crippen LogP contribution in [0.2, 0.25) is 0 Å². The number of ketones is 1. The van der Waals surface area contributed by atoms with Gasteiger partial charge in [0, 0.05) is 18.8 Å². The van der Waals surface area contributed by atoms with Crippen LogP contribution in [0.5, 0.6) is 11.5 Å². The summed E-state index contributed by atoms with van der Waals surface area (Å²) in [5, 5.41) is 6.01. The van der Waals surface area contributed by atoms with Crippen LogP contribution in [0, 0.1) is 25.5 Å². The van der Waals surface area contributed by atoms with Crippen molar-refractivity contribution in [2.24, 2.45) is 0 Å². The third-order valence-electron chi connectivity index (χ3n) is 5.41. The van der Waals surface area contributed by atoms with Crippen molar-refractivity contribution in [2.75, 3.05) is 31.9 Å². The summed E-state index contributed by atoms with van der Waals surface area (Å²) < 4.78 is 45.3. The lowest BCUT2D eigenvalue weighted by Crippen LogP contribution is -2.11. The number of fused-ring (bicyclic) bond motifs is 1. The predicted molar refractivity (Wildman–Crippen MR) is 123 cm³/mol. The van der Waals surface area contributed by atoms with Crippen LogP contribution < -0.4 is 20.1 Å². The molecule has 2 heterocycles. The van der Waals surface area contributed by atoms with E-state index in [1.165, 1.54) is 20.4 Å². The van der Waals surface area contributed by atoms with Gasteiger partial charge in [-0.15, -0.1) is 0 Å². The Morgan fingerprint density at radius 3 is 2.21 bits per heavy atom. The van der Waals surface area contributed by atoms with Crippen LogP contribution in [0.15, 0.2) is 34.9 Å². The van der Waals surface area contributed by atoms with Crippen molar-refractivity contribution in [1.29, 1.82) is 0 Å². The molecule has 4 rings (SSSR count). The van der Waals surface area contributed by atoms with Crippen molar-refractivity contribution >= 4 is 34.2 Å². The normalized spacial score (nSPS) is 10.9. The van der Waals surface area contributed by atoms with E-state index in [0.29, 0.717) is 0 Å². The van der Waals surface area contributed by atoms with Gasteiger partial charge in [0.25, 0.3) is 0 Å². The fourth-order valence-corrected chi connectivity index (χ4v) is 3.67. The number of halogens is 2. The second-order valence-corrected chi connectivity index (χ2v) is 7.47. The predicted octanol–water partition coefficient (Wildman–Crippen LogP) is 5.15. The summed E-state index contributed by atoms with van der Waals surface area (Å²) in [5.41, 5.74) is 2.57. The monoisotopic (exact) mass is 468 g/mol. The number of methoxy groups -OCH3 is 2. The van der Waals surface area contributed by atoms with Crippen molar-refractivity contribution in [2.45, 2.75) is 13.8 Å². The third-order valence-corrected chi connectivity index (χ3v) is 5.41. The van der Waals surface area contributed by atoms with E-state index in [0.717, 1.165) is 22.9 Å². The summed E-state index contributed by atoms with van der Waals surface area (Å²) in [4.78, 5) is 22.0. The molecule has 0 unspecified atom stereocenters. The number of ether oxygens (including phenoxy) is 2. The molecule has 0 bridgehead atoms. The molecule has 0 atom stereocenters. The Balaban J connectivity index is 1.83. The highest BCUT2D eigenvalue weighted by atomic mass is 19.1. The molecule has 0 spiro atoms. The summed E-state index contributed by atoms with van der Waals surface area (Å²) in [6.07, 6.45) is 1.38. The zero-order valence-corrected chi connectivity index (χ0v) is 19.2. The molecule has 2 N–H and O–H groups in total. The average molecular weight is 468 g/mol. The fourth-order valence-electron chi connectivity index (χ4n) is 3.67. The molecule has 34 heavy (non-hydrogen) atoms. The number of nitrogens with zero attached hydrogens (tertiary/aromatic N) is 2. The van der Waals surface area contributed by atoms with Crippen LogP contribution in [-0.4, -0.2) is 37.0 Å². The molecule has 0 saturated carbocycles. The van der Waals surface area contributed by atoms with Gasteiger partial charge in [-0.1, -0.05) is 18.2 Å². The van der Waals surface area contributed by atoms with E-state index in [4.69, 9.17) is 13.9 Å². The number of aryl methyl sites for hydroxylation is 2. The number of aromatic nitrogens is 2. The SMILES string of the molecule is CNc1c(C(=O)c2c(F)c(OC)cc(OC)c2F)oc2cnc(Nc3c(C)cccc3C)nc12. The Kier molecular flexibility index (Phi) is 6.06. The second kappa shape index (κ2) is 8.97. The van der Waals surface area contributed by atoms with Gasteiger partial charge in [-0.2, -0.15) is 0 Å². The van der Waals surface area contributed by atoms with Gasteiger partial charge in [0.05, 0.1) is 20.4 Å². The first-order chi connectivity index (χ1) is 16.3. The van der Waals surface area contributed by atoms with Crippen LogP contribution in [0.4, 0.5) is 26.1 Å². The molecule has 0 aliphatic rings. The molecule has 0 aliphatic heterocycles. The number of hydrogen-bond donors (Lipinski definition) is 2. The number of hydrogen-bond acceptors (Lipinski definition) is 8. The molecule has 0 aliphatic carbocycles. The van der Waals surface area contributed by atoms with E-state index in [1.54, 1.807) is 7.05 Å². The minimum absolute atomic E-state index is 0.160. The maximum atomic E-state index is 14.9. The quantitative estimate of drug-likeness (QED) is 0.359. The van der Waals surface area contributed by atoms with Gasteiger partial charge in [0.15, 0.2) is 28.7 Å².